The van der Waals surface area contributed by atoms with Crippen molar-refractivity contribution in [3.05, 3.63) is 42.0 Å². The lowest BCUT2D eigenvalue weighted by Gasteiger charge is -2.27. The van der Waals surface area contributed by atoms with E-state index < -0.39 is 0 Å². The normalized spacial score (nSPS) is 14.0. The third-order valence-electron chi connectivity index (χ3n) is 3.53. The molecule has 6 heteroatoms. The molecule has 0 radical (unpaired) electrons. The zero-order valence-corrected chi connectivity index (χ0v) is 11.7. The third kappa shape index (κ3) is 2.24. The van der Waals surface area contributed by atoms with Gasteiger partial charge in [0.25, 0.3) is 5.91 Å². The number of anilines is 1. The molecule has 2 heterocycles. The number of rotatable bonds is 2. The zero-order valence-electron chi connectivity index (χ0n) is 11.7. The first-order valence-electron chi connectivity index (χ1n) is 6.58. The van der Waals surface area contributed by atoms with Crippen LogP contribution in [0.1, 0.15) is 16.2 Å². The molecule has 0 saturated heterocycles. The standard InChI is InChI=1S/C14H17N5O/c1-17(2)12-5-3-11(4-6-12)14(20)18-7-8-19-13(9-18)15-10-16-19/h3-6,10H,7-9H2,1-2H3. The maximum atomic E-state index is 12.5. The Bertz CT molecular complexity index is 617. The zero-order chi connectivity index (χ0) is 14.1. The molecule has 6 nitrogen and oxygen atoms in total. The predicted molar refractivity (Wildman–Crippen MR) is 75.5 cm³/mol. The van der Waals surface area contributed by atoms with Gasteiger partial charge in [0, 0.05) is 31.9 Å². The Morgan fingerprint density at radius 1 is 1.20 bits per heavy atom. The highest BCUT2D eigenvalue weighted by Crippen LogP contribution is 2.16. The molecule has 0 fully saturated rings. The lowest BCUT2D eigenvalue weighted by Crippen LogP contribution is -2.38. The van der Waals surface area contributed by atoms with E-state index in [1.807, 2.05) is 52.8 Å². The van der Waals surface area contributed by atoms with E-state index in [2.05, 4.69) is 10.1 Å². The highest BCUT2D eigenvalue weighted by molar-refractivity contribution is 5.94. The van der Waals surface area contributed by atoms with Crippen LogP contribution in [0, 0.1) is 0 Å². The lowest BCUT2D eigenvalue weighted by atomic mass is 10.1. The van der Waals surface area contributed by atoms with Gasteiger partial charge in [-0.3, -0.25) is 4.79 Å². The molecular formula is C14H17N5O. The van der Waals surface area contributed by atoms with Crippen molar-refractivity contribution < 1.29 is 4.79 Å². The van der Waals surface area contributed by atoms with E-state index in [1.54, 1.807) is 0 Å². The smallest absolute Gasteiger partial charge is 0.254 e. The summed E-state index contributed by atoms with van der Waals surface area (Å²) >= 11 is 0. The van der Waals surface area contributed by atoms with Gasteiger partial charge in [-0.1, -0.05) is 0 Å². The summed E-state index contributed by atoms with van der Waals surface area (Å²) in [7, 11) is 3.96. The van der Waals surface area contributed by atoms with Crippen LogP contribution >= 0.6 is 0 Å². The summed E-state index contributed by atoms with van der Waals surface area (Å²) in [5, 5.41) is 4.12. The first-order valence-corrected chi connectivity index (χ1v) is 6.58. The topological polar surface area (TPSA) is 54.3 Å². The number of carbonyl (C=O) groups is 1. The van der Waals surface area contributed by atoms with Crippen LogP contribution in [0.25, 0.3) is 0 Å². The van der Waals surface area contributed by atoms with E-state index in [1.165, 1.54) is 6.33 Å². The van der Waals surface area contributed by atoms with E-state index >= 15 is 0 Å². The fourth-order valence-electron chi connectivity index (χ4n) is 2.32. The molecule has 0 aliphatic carbocycles. The molecule has 0 spiro atoms. The molecule has 2 aromatic rings. The summed E-state index contributed by atoms with van der Waals surface area (Å²) in [5.41, 5.74) is 1.79. The van der Waals surface area contributed by atoms with Crippen LogP contribution in [-0.4, -0.2) is 46.2 Å². The van der Waals surface area contributed by atoms with Crippen molar-refractivity contribution in [3.8, 4) is 0 Å². The summed E-state index contributed by atoms with van der Waals surface area (Å²) in [5.74, 6) is 0.888. The molecule has 1 aromatic carbocycles. The van der Waals surface area contributed by atoms with Gasteiger partial charge in [-0.15, -0.1) is 0 Å². The van der Waals surface area contributed by atoms with Gasteiger partial charge in [-0.2, -0.15) is 5.10 Å². The fraction of sp³-hybridized carbons (Fsp3) is 0.357. The van der Waals surface area contributed by atoms with Crippen molar-refractivity contribution in [3.63, 3.8) is 0 Å². The molecule has 0 bridgehead atoms. The monoisotopic (exact) mass is 271 g/mol. The minimum atomic E-state index is 0.0459. The molecule has 1 aromatic heterocycles. The van der Waals surface area contributed by atoms with Crippen LogP contribution in [0.3, 0.4) is 0 Å². The molecule has 1 aliphatic heterocycles. The second-order valence-electron chi connectivity index (χ2n) is 5.07. The van der Waals surface area contributed by atoms with E-state index in [0.717, 1.165) is 11.5 Å². The summed E-state index contributed by atoms with van der Waals surface area (Å²) < 4.78 is 1.85. The van der Waals surface area contributed by atoms with Crippen LogP contribution in [0.4, 0.5) is 5.69 Å². The number of amides is 1. The van der Waals surface area contributed by atoms with Gasteiger partial charge in [0.1, 0.15) is 12.2 Å². The number of nitrogens with zero attached hydrogens (tertiary/aromatic N) is 5. The van der Waals surface area contributed by atoms with Gasteiger partial charge in [0.15, 0.2) is 0 Å². The van der Waals surface area contributed by atoms with Crippen molar-refractivity contribution >= 4 is 11.6 Å². The molecule has 0 saturated carbocycles. The van der Waals surface area contributed by atoms with Gasteiger partial charge in [0.05, 0.1) is 13.1 Å². The Balaban J connectivity index is 1.76. The van der Waals surface area contributed by atoms with E-state index in [9.17, 15) is 4.79 Å². The first kappa shape index (κ1) is 12.7. The maximum Gasteiger partial charge on any atom is 0.254 e. The SMILES string of the molecule is CN(C)c1ccc(C(=O)N2CCn3ncnc3C2)cc1. The second-order valence-corrected chi connectivity index (χ2v) is 5.07. The quantitative estimate of drug-likeness (QED) is 0.817. The number of aromatic nitrogens is 3. The Hall–Kier alpha value is -2.37. The number of fused-ring (bicyclic) bond motifs is 1. The molecule has 3 rings (SSSR count). The average molecular weight is 271 g/mol. The van der Waals surface area contributed by atoms with Gasteiger partial charge in [-0.25, -0.2) is 9.67 Å². The van der Waals surface area contributed by atoms with Crippen molar-refractivity contribution in [2.24, 2.45) is 0 Å². The van der Waals surface area contributed by atoms with Crippen LogP contribution in [0.15, 0.2) is 30.6 Å². The molecule has 104 valence electrons. The van der Waals surface area contributed by atoms with Crippen molar-refractivity contribution in [2.45, 2.75) is 13.1 Å². The lowest BCUT2D eigenvalue weighted by molar-refractivity contribution is 0.0702. The molecule has 0 atom stereocenters. The van der Waals surface area contributed by atoms with Crippen molar-refractivity contribution in [2.75, 3.05) is 25.5 Å². The van der Waals surface area contributed by atoms with Crippen molar-refractivity contribution in [1.82, 2.24) is 19.7 Å². The molecule has 1 aliphatic rings. The summed E-state index contributed by atoms with van der Waals surface area (Å²) in [6.45, 7) is 1.90. The minimum absolute atomic E-state index is 0.0459. The maximum absolute atomic E-state index is 12.5. The highest BCUT2D eigenvalue weighted by atomic mass is 16.2. The van der Waals surface area contributed by atoms with E-state index in [0.29, 0.717) is 25.2 Å². The van der Waals surface area contributed by atoms with Crippen molar-refractivity contribution in [1.29, 1.82) is 0 Å². The Morgan fingerprint density at radius 2 is 1.95 bits per heavy atom. The third-order valence-corrected chi connectivity index (χ3v) is 3.53. The predicted octanol–water partition coefficient (Wildman–Crippen LogP) is 1.00. The molecule has 0 N–H and O–H groups in total. The summed E-state index contributed by atoms with van der Waals surface area (Å²) in [6.07, 6.45) is 1.54. The fourth-order valence-corrected chi connectivity index (χ4v) is 2.32. The van der Waals surface area contributed by atoms with Crippen LogP contribution in [0.5, 0.6) is 0 Å². The molecular weight excluding hydrogens is 254 g/mol. The van der Waals surface area contributed by atoms with Crippen LogP contribution in [0.2, 0.25) is 0 Å². The largest absolute Gasteiger partial charge is 0.378 e. The second kappa shape index (κ2) is 4.96. The van der Waals surface area contributed by atoms with Gasteiger partial charge >= 0.3 is 0 Å². The van der Waals surface area contributed by atoms with Crippen LogP contribution < -0.4 is 4.90 Å². The molecule has 20 heavy (non-hydrogen) atoms. The Kier molecular flexibility index (Phi) is 3.14. The van der Waals surface area contributed by atoms with E-state index in [-0.39, 0.29) is 5.91 Å². The summed E-state index contributed by atoms with van der Waals surface area (Å²) in [4.78, 5) is 20.5. The van der Waals surface area contributed by atoms with Gasteiger partial charge in [0.2, 0.25) is 0 Å². The van der Waals surface area contributed by atoms with Crippen LogP contribution in [-0.2, 0) is 13.1 Å². The Morgan fingerprint density at radius 3 is 2.65 bits per heavy atom. The Labute approximate surface area is 117 Å². The first-order chi connectivity index (χ1) is 9.65. The number of hydrogen-bond donors (Lipinski definition) is 0. The van der Waals surface area contributed by atoms with Gasteiger partial charge in [-0.05, 0) is 24.3 Å². The van der Waals surface area contributed by atoms with Gasteiger partial charge < -0.3 is 9.80 Å². The summed E-state index contributed by atoms with van der Waals surface area (Å²) in [6, 6.07) is 7.66. The minimum Gasteiger partial charge on any atom is -0.378 e. The highest BCUT2D eigenvalue weighted by Gasteiger charge is 2.22. The number of hydrogen-bond acceptors (Lipinski definition) is 4. The molecule has 1 amide bonds. The number of benzene rings is 1. The average Bonchev–Trinajstić information content (AvgIpc) is 2.94. The molecule has 0 unspecified atom stereocenters. The number of carbonyl (C=O) groups excluding carboxylic acids is 1. The van der Waals surface area contributed by atoms with E-state index in [4.69, 9.17) is 0 Å².